The Kier molecular flexibility index (Phi) is 5.48. The monoisotopic (exact) mass is 202 g/mol. The predicted molar refractivity (Wildman–Crippen MR) is 38.7 cm³/mol. The molecule has 0 saturated carbocycles. The van der Waals surface area contributed by atoms with Crippen LogP contribution in [0, 0.1) is 0 Å². The smallest absolute Gasteiger partial charge is 0.772 e. The molecule has 0 bridgehead atoms. The summed E-state index contributed by atoms with van der Waals surface area (Å²) >= 11 is -2.09. The second-order valence-corrected chi connectivity index (χ2v) is 4.09. The van der Waals surface area contributed by atoms with Crippen molar-refractivity contribution < 1.29 is 47.8 Å². The first-order valence-corrected chi connectivity index (χ1v) is 4.51. The maximum Gasteiger partial charge on any atom is 1.00 e. The summed E-state index contributed by atoms with van der Waals surface area (Å²) in [4.78, 5) is 0. The van der Waals surface area contributed by atoms with Crippen LogP contribution in [0.2, 0.25) is 0 Å². The van der Waals surface area contributed by atoms with E-state index in [1.807, 2.05) is 0 Å². The van der Waals surface area contributed by atoms with E-state index < -0.39 is 22.1 Å². The summed E-state index contributed by atoms with van der Waals surface area (Å²) in [6.45, 7) is 3.97. The van der Waals surface area contributed by atoms with Crippen LogP contribution in [0.1, 0.15) is 13.8 Å². The van der Waals surface area contributed by atoms with Gasteiger partial charge >= 0.3 is 29.6 Å². The summed E-state index contributed by atoms with van der Waals surface area (Å²) in [6, 6.07) is 0. The minimum atomic E-state index is -2.09. The van der Waals surface area contributed by atoms with Crippen LogP contribution in [-0.4, -0.2) is 33.0 Å². The summed E-state index contributed by atoms with van der Waals surface area (Å²) in [5.74, 6) is -0.629. The Bertz CT molecular complexity index is 163. The molecule has 0 spiro atoms. The minimum absolute atomic E-state index is 0. The third-order valence-corrected chi connectivity index (χ3v) is 2.32. The Balaban J connectivity index is 0.00000121. The van der Waals surface area contributed by atoms with Gasteiger partial charge < -0.3 is 14.0 Å². The maximum atomic E-state index is 10.4. The molecule has 1 atom stereocenters. The van der Waals surface area contributed by atoms with Crippen LogP contribution in [0.5, 0.6) is 0 Å². The predicted octanol–water partition coefficient (Wildman–Crippen LogP) is -2.98. The molecule has 0 aliphatic carbocycles. The summed E-state index contributed by atoms with van der Waals surface area (Å²) < 4.78 is 31.1. The molecule has 0 N–H and O–H groups in total. The zero-order valence-electron chi connectivity index (χ0n) is 7.53. The Hall–Kier alpha value is 1.03. The van der Waals surface area contributed by atoms with Crippen molar-refractivity contribution in [3.63, 3.8) is 0 Å². The molecule has 0 aromatic heterocycles. The Morgan fingerprint density at radius 2 is 1.83 bits per heavy atom. The van der Waals surface area contributed by atoms with Crippen LogP contribution in [0.3, 0.4) is 0 Å². The van der Waals surface area contributed by atoms with Gasteiger partial charge in [0.25, 0.3) is 0 Å². The molecule has 1 aliphatic heterocycles. The van der Waals surface area contributed by atoms with Gasteiger partial charge in [-0.1, -0.05) is 0 Å². The van der Waals surface area contributed by atoms with Crippen molar-refractivity contribution in [2.75, 3.05) is 13.2 Å². The van der Waals surface area contributed by atoms with Crippen molar-refractivity contribution in [2.24, 2.45) is 0 Å². The number of hydrogen-bond acceptors (Lipinski definition) is 4. The van der Waals surface area contributed by atoms with Crippen molar-refractivity contribution in [1.82, 2.24) is 0 Å². The molecule has 1 fully saturated rings. The topological polar surface area (TPSA) is 58.6 Å². The summed E-state index contributed by atoms with van der Waals surface area (Å²) in [7, 11) is 0. The number of ether oxygens (including phenoxy) is 2. The van der Waals surface area contributed by atoms with Crippen molar-refractivity contribution in [3.05, 3.63) is 0 Å². The number of hydrogen-bond donors (Lipinski definition) is 0. The Morgan fingerprint density at radius 3 is 2.17 bits per heavy atom. The maximum absolute atomic E-state index is 10.4. The van der Waals surface area contributed by atoms with Gasteiger partial charge in [0.15, 0.2) is 5.79 Å². The van der Waals surface area contributed by atoms with Gasteiger partial charge in [-0.15, -0.1) is 0 Å². The van der Waals surface area contributed by atoms with E-state index in [1.54, 1.807) is 13.8 Å². The molecule has 6 heteroatoms. The molecule has 66 valence electrons. The Morgan fingerprint density at radius 1 is 1.42 bits per heavy atom. The molecule has 1 saturated heterocycles. The van der Waals surface area contributed by atoms with E-state index in [0.29, 0.717) is 0 Å². The van der Waals surface area contributed by atoms with Gasteiger partial charge in [-0.3, -0.25) is 4.21 Å². The van der Waals surface area contributed by atoms with Crippen molar-refractivity contribution >= 4 is 11.1 Å². The molecule has 0 aromatic rings. The summed E-state index contributed by atoms with van der Waals surface area (Å²) in [5.41, 5.74) is 0. The fraction of sp³-hybridized carbons (Fsp3) is 1.00. The molecule has 1 rings (SSSR count). The van der Waals surface area contributed by atoms with Crippen LogP contribution in [0.25, 0.3) is 0 Å². The number of rotatable bonds is 1. The average Bonchev–Trinajstić information content (AvgIpc) is 1.86. The molecule has 0 radical (unpaired) electrons. The molecule has 12 heavy (non-hydrogen) atoms. The van der Waals surface area contributed by atoms with Gasteiger partial charge in [0.05, 0.1) is 18.5 Å². The molecule has 1 heterocycles. The molecular weight excluding hydrogens is 191 g/mol. The molecule has 4 nitrogen and oxygen atoms in total. The first-order chi connectivity index (χ1) is 5.01. The van der Waals surface area contributed by atoms with Gasteiger partial charge in [0, 0.05) is 0 Å². The van der Waals surface area contributed by atoms with E-state index in [2.05, 4.69) is 0 Å². The normalized spacial score (nSPS) is 25.9. The third kappa shape index (κ3) is 3.83. The Labute approximate surface area is 96.6 Å². The van der Waals surface area contributed by atoms with E-state index in [1.165, 1.54) is 0 Å². The van der Waals surface area contributed by atoms with Crippen molar-refractivity contribution in [1.29, 1.82) is 0 Å². The minimum Gasteiger partial charge on any atom is -0.772 e. The molecule has 1 aliphatic rings. The van der Waals surface area contributed by atoms with Gasteiger partial charge in [-0.25, -0.2) is 0 Å². The van der Waals surface area contributed by atoms with E-state index in [0.717, 1.165) is 0 Å². The standard InChI is InChI=1S/C6H12O4S.Na/c1-6(2)9-3-5(4-10-6)11(7)8;/h5H,3-4H2,1-2H3,(H,7,8);/q;+1/p-1. The van der Waals surface area contributed by atoms with Crippen LogP contribution in [0.15, 0.2) is 0 Å². The largest absolute Gasteiger partial charge is 1.00 e. The van der Waals surface area contributed by atoms with E-state index in [4.69, 9.17) is 9.47 Å². The third-order valence-electron chi connectivity index (χ3n) is 1.51. The molecule has 0 aromatic carbocycles. The van der Waals surface area contributed by atoms with Gasteiger partial charge in [-0.05, 0) is 24.9 Å². The van der Waals surface area contributed by atoms with Crippen LogP contribution in [0.4, 0.5) is 0 Å². The summed E-state index contributed by atoms with van der Waals surface area (Å²) in [5, 5.41) is -0.511. The quantitative estimate of drug-likeness (QED) is 0.336. The van der Waals surface area contributed by atoms with Crippen LogP contribution < -0.4 is 29.6 Å². The van der Waals surface area contributed by atoms with Crippen LogP contribution >= 0.6 is 0 Å². The summed E-state index contributed by atoms with van der Waals surface area (Å²) in [6.07, 6.45) is 0. The van der Waals surface area contributed by atoms with E-state index >= 15 is 0 Å². The first-order valence-electron chi connectivity index (χ1n) is 3.37. The zero-order valence-corrected chi connectivity index (χ0v) is 10.3. The molecule has 1 unspecified atom stereocenters. The second-order valence-electron chi connectivity index (χ2n) is 2.90. The molecular formula is C6H11NaO4S. The van der Waals surface area contributed by atoms with Gasteiger partial charge in [0.2, 0.25) is 0 Å². The fourth-order valence-electron chi connectivity index (χ4n) is 0.788. The van der Waals surface area contributed by atoms with E-state index in [-0.39, 0.29) is 42.8 Å². The van der Waals surface area contributed by atoms with Crippen molar-refractivity contribution in [2.45, 2.75) is 24.9 Å². The van der Waals surface area contributed by atoms with E-state index in [9.17, 15) is 8.76 Å². The first kappa shape index (κ1) is 13.0. The SMILES string of the molecule is CC1(C)OCC(S(=O)[O-])CO1.[Na+]. The zero-order chi connectivity index (χ0) is 8.48. The van der Waals surface area contributed by atoms with Crippen LogP contribution in [-0.2, 0) is 20.6 Å². The average molecular weight is 202 g/mol. The molecule has 0 amide bonds. The fourth-order valence-corrected chi connectivity index (χ4v) is 1.15. The van der Waals surface area contributed by atoms with Gasteiger partial charge in [0.1, 0.15) is 0 Å². The second kappa shape index (κ2) is 5.05. The van der Waals surface area contributed by atoms with Crippen molar-refractivity contribution in [3.8, 4) is 0 Å². The van der Waals surface area contributed by atoms with Gasteiger partial charge in [-0.2, -0.15) is 0 Å².